The number of nitrogens with zero attached hydrogens (tertiary/aromatic N) is 3. The molecule has 0 aliphatic carbocycles. The van der Waals surface area contributed by atoms with Crippen molar-refractivity contribution in [3.05, 3.63) is 64.1 Å². The van der Waals surface area contributed by atoms with Crippen molar-refractivity contribution in [3.63, 3.8) is 0 Å². The molecule has 0 bridgehead atoms. The van der Waals surface area contributed by atoms with E-state index in [0.717, 1.165) is 5.69 Å². The Bertz CT molecular complexity index is 1270. The maximum Gasteiger partial charge on any atom is 0.263 e. The molecular weight excluding hydrogens is 519 g/mol. The fraction of sp³-hybridized carbons (Fsp3) is 0.273. The largest absolute Gasteiger partial charge is 0.479 e. The van der Waals surface area contributed by atoms with Gasteiger partial charge in [-0.1, -0.05) is 35.3 Å². The SMILES string of the molecule is CC(Oc1cccc(Cl)c1Cl)C(=O)N1CCN(c2cccc(S(=O)(=O)Nc3nccs3)c2)CC1.[HH].[HH]. The lowest BCUT2D eigenvalue weighted by Crippen LogP contribution is -2.52. The van der Waals surface area contributed by atoms with Gasteiger partial charge in [0, 0.05) is 46.3 Å². The Labute approximate surface area is 215 Å². The van der Waals surface area contributed by atoms with Crippen LogP contribution in [-0.4, -0.2) is 56.5 Å². The smallest absolute Gasteiger partial charge is 0.263 e. The number of carbonyl (C=O) groups is 1. The summed E-state index contributed by atoms with van der Waals surface area (Å²) >= 11 is 13.4. The predicted octanol–water partition coefficient (Wildman–Crippen LogP) is 4.86. The van der Waals surface area contributed by atoms with Gasteiger partial charge in [0.15, 0.2) is 11.2 Å². The molecule has 1 unspecified atom stereocenters. The second kappa shape index (κ2) is 10.4. The van der Waals surface area contributed by atoms with Crippen molar-refractivity contribution in [2.45, 2.75) is 17.9 Å². The van der Waals surface area contributed by atoms with E-state index >= 15 is 0 Å². The van der Waals surface area contributed by atoms with Gasteiger partial charge in [-0.2, -0.15) is 0 Å². The van der Waals surface area contributed by atoms with Gasteiger partial charge in [0.25, 0.3) is 15.9 Å². The third kappa shape index (κ3) is 5.57. The number of rotatable bonds is 7. The summed E-state index contributed by atoms with van der Waals surface area (Å²) in [6.07, 6.45) is 0.808. The van der Waals surface area contributed by atoms with Gasteiger partial charge in [0.2, 0.25) is 0 Å². The number of nitrogens with one attached hydrogen (secondary N) is 1. The van der Waals surface area contributed by atoms with Gasteiger partial charge in [-0.3, -0.25) is 9.52 Å². The maximum atomic E-state index is 12.9. The van der Waals surface area contributed by atoms with Gasteiger partial charge >= 0.3 is 0 Å². The number of carbonyl (C=O) groups excluding carboxylic acids is 1. The van der Waals surface area contributed by atoms with Crippen LogP contribution in [0.4, 0.5) is 10.8 Å². The zero-order valence-corrected chi connectivity index (χ0v) is 21.3. The molecule has 34 heavy (non-hydrogen) atoms. The summed E-state index contributed by atoms with van der Waals surface area (Å²) in [6, 6.07) is 11.7. The number of piperazine rings is 1. The van der Waals surface area contributed by atoms with Gasteiger partial charge in [-0.05, 0) is 37.3 Å². The zero-order chi connectivity index (χ0) is 24.3. The van der Waals surface area contributed by atoms with Crippen LogP contribution < -0.4 is 14.4 Å². The number of ether oxygens (including phenoxy) is 1. The van der Waals surface area contributed by atoms with Crippen LogP contribution in [0, 0.1) is 0 Å². The van der Waals surface area contributed by atoms with E-state index in [-0.39, 0.29) is 18.7 Å². The van der Waals surface area contributed by atoms with Gasteiger partial charge < -0.3 is 14.5 Å². The number of benzene rings is 2. The maximum absolute atomic E-state index is 12.9. The Morgan fingerprint density at radius 3 is 2.62 bits per heavy atom. The van der Waals surface area contributed by atoms with Crippen LogP contribution in [0.1, 0.15) is 9.78 Å². The molecule has 1 aromatic heterocycles. The first-order valence-corrected chi connectivity index (χ1v) is 13.5. The topological polar surface area (TPSA) is 91.8 Å². The number of hydrogen-bond donors (Lipinski definition) is 1. The molecule has 0 radical (unpaired) electrons. The highest BCUT2D eigenvalue weighted by Gasteiger charge is 2.27. The first-order chi connectivity index (χ1) is 16.2. The average Bonchev–Trinajstić information content (AvgIpc) is 3.34. The number of amides is 1. The highest BCUT2D eigenvalue weighted by molar-refractivity contribution is 7.93. The molecule has 8 nitrogen and oxygen atoms in total. The van der Waals surface area contributed by atoms with E-state index in [0.29, 0.717) is 42.1 Å². The molecular formula is C22H26Cl2N4O4S2. The lowest BCUT2D eigenvalue weighted by Gasteiger charge is -2.37. The molecule has 2 heterocycles. The molecule has 1 amide bonds. The van der Waals surface area contributed by atoms with Crippen LogP contribution in [-0.2, 0) is 14.8 Å². The molecule has 1 saturated heterocycles. The van der Waals surface area contributed by atoms with Crippen molar-refractivity contribution in [1.29, 1.82) is 0 Å². The van der Waals surface area contributed by atoms with Crippen molar-refractivity contribution < 1.29 is 20.8 Å². The van der Waals surface area contributed by atoms with E-state index in [1.54, 1.807) is 53.6 Å². The molecule has 3 aromatic rings. The summed E-state index contributed by atoms with van der Waals surface area (Å²) in [5.41, 5.74) is 0.768. The normalized spacial score (nSPS) is 15.1. The highest BCUT2D eigenvalue weighted by atomic mass is 35.5. The second-order valence-electron chi connectivity index (χ2n) is 7.56. The number of hydrogen-bond acceptors (Lipinski definition) is 7. The first-order valence-electron chi connectivity index (χ1n) is 10.4. The zero-order valence-electron chi connectivity index (χ0n) is 18.1. The van der Waals surface area contributed by atoms with Gasteiger partial charge in [-0.15, -0.1) is 11.3 Å². The van der Waals surface area contributed by atoms with Crippen LogP contribution in [0.2, 0.25) is 10.0 Å². The third-order valence-electron chi connectivity index (χ3n) is 5.31. The number of thiazole rings is 1. The monoisotopic (exact) mass is 544 g/mol. The summed E-state index contributed by atoms with van der Waals surface area (Å²) in [6.45, 7) is 3.74. The van der Waals surface area contributed by atoms with Crippen LogP contribution in [0.15, 0.2) is 58.9 Å². The molecule has 1 aliphatic heterocycles. The molecule has 1 aliphatic rings. The Morgan fingerprint density at radius 1 is 1.18 bits per heavy atom. The molecule has 1 atom stereocenters. The summed E-state index contributed by atoms with van der Waals surface area (Å²) in [5, 5.41) is 2.64. The highest BCUT2D eigenvalue weighted by Crippen LogP contribution is 2.32. The van der Waals surface area contributed by atoms with Crippen molar-refractivity contribution in [2.24, 2.45) is 0 Å². The van der Waals surface area contributed by atoms with Crippen molar-refractivity contribution in [2.75, 3.05) is 35.8 Å². The summed E-state index contributed by atoms with van der Waals surface area (Å²) < 4.78 is 33.6. The van der Waals surface area contributed by atoms with Crippen molar-refractivity contribution in [3.8, 4) is 5.75 Å². The van der Waals surface area contributed by atoms with E-state index in [4.69, 9.17) is 27.9 Å². The number of sulfonamides is 1. The average molecular weight is 546 g/mol. The van der Waals surface area contributed by atoms with E-state index in [1.165, 1.54) is 17.5 Å². The molecule has 1 fully saturated rings. The Morgan fingerprint density at radius 2 is 1.91 bits per heavy atom. The fourth-order valence-corrected chi connectivity index (χ4v) is 5.72. The summed E-state index contributed by atoms with van der Waals surface area (Å²) in [5.74, 6) is 0.206. The van der Waals surface area contributed by atoms with E-state index in [2.05, 4.69) is 9.71 Å². The molecule has 1 N–H and O–H groups in total. The molecule has 0 spiro atoms. The quantitative estimate of drug-likeness (QED) is 0.456. The van der Waals surface area contributed by atoms with Crippen LogP contribution >= 0.6 is 34.5 Å². The molecule has 12 heteroatoms. The van der Waals surface area contributed by atoms with Crippen molar-refractivity contribution >= 4 is 61.3 Å². The van der Waals surface area contributed by atoms with Crippen LogP contribution in [0.25, 0.3) is 0 Å². The Kier molecular flexibility index (Phi) is 7.51. The lowest BCUT2D eigenvalue weighted by molar-refractivity contribution is -0.138. The summed E-state index contributed by atoms with van der Waals surface area (Å²) in [4.78, 5) is 20.8. The predicted molar refractivity (Wildman–Crippen MR) is 139 cm³/mol. The Hall–Kier alpha value is -2.53. The minimum absolute atomic E-state index is 0. The minimum Gasteiger partial charge on any atom is -0.479 e. The van der Waals surface area contributed by atoms with E-state index in [1.807, 2.05) is 11.0 Å². The second-order valence-corrected chi connectivity index (χ2v) is 10.9. The van der Waals surface area contributed by atoms with Gasteiger partial charge in [-0.25, -0.2) is 13.4 Å². The Balaban J connectivity index is 0.00000228. The van der Waals surface area contributed by atoms with Gasteiger partial charge in [0.05, 0.1) is 9.92 Å². The molecule has 184 valence electrons. The van der Waals surface area contributed by atoms with Gasteiger partial charge in [0.1, 0.15) is 10.8 Å². The third-order valence-corrected chi connectivity index (χ3v) is 8.26. The fourth-order valence-electron chi connectivity index (χ4n) is 3.55. The van der Waals surface area contributed by atoms with Crippen LogP contribution in [0.5, 0.6) is 5.75 Å². The van der Waals surface area contributed by atoms with E-state index in [9.17, 15) is 13.2 Å². The summed E-state index contributed by atoms with van der Waals surface area (Å²) in [7, 11) is -3.75. The molecule has 2 aromatic carbocycles. The number of anilines is 2. The van der Waals surface area contributed by atoms with E-state index < -0.39 is 16.1 Å². The lowest BCUT2D eigenvalue weighted by atomic mass is 10.2. The number of halogens is 2. The van der Waals surface area contributed by atoms with Crippen molar-refractivity contribution in [1.82, 2.24) is 9.88 Å². The first kappa shape index (κ1) is 24.6. The molecule has 4 rings (SSSR count). The standard InChI is InChI=1S/C22H22Cl2N4O4S2.2H2/c1-15(32-19-7-3-6-18(23)20(19)24)21(29)28-11-9-27(10-12-28)16-4-2-5-17(14-16)34(30,31)26-22-25-8-13-33-22;;/h2-8,13-15H,9-12H2,1H3,(H,25,26);2*1H. The van der Waals surface area contributed by atoms with Crippen LogP contribution in [0.3, 0.4) is 0 Å². The minimum atomic E-state index is -3.75. The molecule has 0 saturated carbocycles. The number of aromatic nitrogens is 1.